The van der Waals surface area contributed by atoms with E-state index in [1.54, 1.807) is 36.4 Å². The van der Waals surface area contributed by atoms with Crippen LogP contribution in [-0.2, 0) is 9.59 Å². The largest absolute Gasteiger partial charge is 0.393 e. The number of benzene rings is 2. The lowest BCUT2D eigenvalue weighted by Crippen LogP contribution is -2.64. The minimum absolute atomic E-state index is 0.223. The Kier molecular flexibility index (Phi) is 8.09. The van der Waals surface area contributed by atoms with Gasteiger partial charge in [0, 0.05) is 30.8 Å². The minimum atomic E-state index is -1.96. The van der Waals surface area contributed by atoms with Gasteiger partial charge >= 0.3 is 0 Å². The van der Waals surface area contributed by atoms with Gasteiger partial charge in [-0.25, -0.2) is 5.48 Å². The number of nitrogens with zero attached hydrogens (tertiary/aromatic N) is 1. The van der Waals surface area contributed by atoms with Crippen molar-refractivity contribution >= 4 is 17.7 Å². The van der Waals surface area contributed by atoms with E-state index in [0.717, 1.165) is 4.90 Å². The van der Waals surface area contributed by atoms with Gasteiger partial charge in [0.05, 0.1) is 6.61 Å². The summed E-state index contributed by atoms with van der Waals surface area (Å²) in [4.78, 5) is 38.1. The second kappa shape index (κ2) is 10.5. The van der Waals surface area contributed by atoms with Crippen molar-refractivity contribution in [3.05, 3.63) is 70.8 Å². The Morgan fingerprint density at radius 3 is 1.94 bits per heavy atom. The molecule has 0 aromatic heterocycles. The van der Waals surface area contributed by atoms with Gasteiger partial charge in [0.2, 0.25) is 0 Å². The fourth-order valence-electron chi connectivity index (χ4n) is 2.89. The normalized spacial score (nSPS) is 13.1. The molecule has 168 valence electrons. The number of amides is 3. The van der Waals surface area contributed by atoms with Gasteiger partial charge in [0.25, 0.3) is 17.7 Å². The number of aliphatic hydroxyl groups is 2. The van der Waals surface area contributed by atoms with Crippen molar-refractivity contribution < 1.29 is 29.8 Å². The molecule has 1 unspecified atom stereocenters. The van der Waals surface area contributed by atoms with Crippen molar-refractivity contribution in [1.82, 2.24) is 15.7 Å². The lowest BCUT2D eigenvalue weighted by molar-refractivity contribution is -0.148. The molecular formula is C23H25N3O6. The van der Waals surface area contributed by atoms with Crippen LogP contribution in [0.1, 0.15) is 40.1 Å². The van der Waals surface area contributed by atoms with Crippen molar-refractivity contribution in [3.63, 3.8) is 0 Å². The Labute approximate surface area is 185 Å². The van der Waals surface area contributed by atoms with Crippen molar-refractivity contribution in [2.24, 2.45) is 0 Å². The smallest absolute Gasteiger partial charge is 0.278 e. The van der Waals surface area contributed by atoms with Gasteiger partial charge in [-0.3, -0.25) is 19.6 Å². The average Bonchev–Trinajstić information content (AvgIpc) is 2.85. The van der Waals surface area contributed by atoms with E-state index in [0.29, 0.717) is 16.7 Å². The molecule has 0 heterocycles. The van der Waals surface area contributed by atoms with Gasteiger partial charge in [0.1, 0.15) is 6.10 Å². The molecule has 0 bridgehead atoms. The van der Waals surface area contributed by atoms with Crippen LogP contribution in [0.2, 0.25) is 0 Å². The zero-order valence-corrected chi connectivity index (χ0v) is 17.9. The van der Waals surface area contributed by atoms with Crippen LogP contribution in [0.5, 0.6) is 0 Å². The third-order valence-electron chi connectivity index (χ3n) is 5.14. The topological polar surface area (TPSA) is 139 Å². The van der Waals surface area contributed by atoms with E-state index in [9.17, 15) is 19.5 Å². The molecule has 0 radical (unpaired) electrons. The molecule has 0 aliphatic rings. The zero-order valence-electron chi connectivity index (χ0n) is 17.9. The van der Waals surface area contributed by atoms with Crippen molar-refractivity contribution in [1.29, 1.82) is 0 Å². The first-order valence-electron chi connectivity index (χ1n) is 9.64. The quantitative estimate of drug-likeness (QED) is 0.189. The average molecular weight is 439 g/mol. The van der Waals surface area contributed by atoms with Crippen LogP contribution in [0.4, 0.5) is 0 Å². The Morgan fingerprint density at radius 2 is 1.50 bits per heavy atom. The van der Waals surface area contributed by atoms with Crippen LogP contribution in [0.3, 0.4) is 0 Å². The summed E-state index contributed by atoms with van der Waals surface area (Å²) in [6, 6.07) is 13.1. The summed E-state index contributed by atoms with van der Waals surface area (Å²) in [5.74, 6) is 3.51. The molecule has 0 aliphatic heterocycles. The summed E-state index contributed by atoms with van der Waals surface area (Å²) in [7, 11) is 2.61. The first kappa shape index (κ1) is 24.6. The highest BCUT2D eigenvalue weighted by atomic mass is 16.5. The van der Waals surface area contributed by atoms with Crippen LogP contribution < -0.4 is 10.8 Å². The van der Waals surface area contributed by atoms with Gasteiger partial charge in [-0.1, -0.05) is 24.0 Å². The lowest BCUT2D eigenvalue weighted by Gasteiger charge is -2.34. The summed E-state index contributed by atoms with van der Waals surface area (Å²) in [5, 5.41) is 29.9. The van der Waals surface area contributed by atoms with Crippen molar-refractivity contribution in [3.8, 4) is 11.8 Å². The fraction of sp³-hybridized carbons (Fsp3) is 0.261. The molecular weight excluding hydrogens is 414 g/mol. The third kappa shape index (κ3) is 5.12. The van der Waals surface area contributed by atoms with Gasteiger partial charge in [0.15, 0.2) is 5.54 Å². The fourth-order valence-corrected chi connectivity index (χ4v) is 2.89. The number of hydroxylamine groups is 1. The Hall–Kier alpha value is -3.71. The highest BCUT2D eigenvalue weighted by Gasteiger charge is 2.47. The number of hydrogen-bond donors (Lipinski definition) is 5. The molecule has 0 fully saturated rings. The summed E-state index contributed by atoms with van der Waals surface area (Å²) >= 11 is 0. The maximum atomic E-state index is 12.8. The Morgan fingerprint density at radius 1 is 1.00 bits per heavy atom. The monoisotopic (exact) mass is 439 g/mol. The molecule has 2 atom stereocenters. The summed E-state index contributed by atoms with van der Waals surface area (Å²) in [6.45, 7) is 0.859. The van der Waals surface area contributed by atoms with Gasteiger partial charge in [-0.15, -0.1) is 0 Å². The summed E-state index contributed by atoms with van der Waals surface area (Å²) in [6.07, 6.45) is -0.936. The number of rotatable bonds is 6. The maximum Gasteiger partial charge on any atom is 0.278 e. The summed E-state index contributed by atoms with van der Waals surface area (Å²) in [5.41, 5.74) is 1.61. The number of carbonyl (C=O) groups is 3. The number of likely N-dealkylation sites (N-methyl/N-ethyl adjacent to an activating group) is 2. The van der Waals surface area contributed by atoms with E-state index < -0.39 is 29.4 Å². The van der Waals surface area contributed by atoms with Crippen LogP contribution in [0.25, 0.3) is 0 Å². The highest BCUT2D eigenvalue weighted by molar-refractivity contribution is 6.12. The van der Waals surface area contributed by atoms with Crippen LogP contribution >= 0.6 is 0 Å². The molecule has 2 aromatic carbocycles. The number of hydrogen-bond acceptors (Lipinski definition) is 6. The zero-order chi connectivity index (χ0) is 23.9. The predicted octanol–water partition coefficient (Wildman–Crippen LogP) is 0.194. The van der Waals surface area contributed by atoms with Crippen LogP contribution in [0.15, 0.2) is 48.5 Å². The predicted molar refractivity (Wildman–Crippen MR) is 115 cm³/mol. The molecule has 2 rings (SSSR count). The van der Waals surface area contributed by atoms with E-state index in [2.05, 4.69) is 17.2 Å². The molecule has 0 aliphatic carbocycles. The molecule has 3 amide bonds. The SMILES string of the molecule is CNC(=O)[C@@](C)(C(=O)NO)N(C)C(=O)c1ccc(C#Cc2ccc(C(O)CO)cc2)cc1. The van der Waals surface area contributed by atoms with Crippen LogP contribution in [-0.4, -0.2) is 64.3 Å². The minimum Gasteiger partial charge on any atom is -0.393 e. The van der Waals surface area contributed by atoms with E-state index in [4.69, 9.17) is 10.3 Å². The van der Waals surface area contributed by atoms with Crippen molar-refractivity contribution in [2.45, 2.75) is 18.6 Å². The van der Waals surface area contributed by atoms with Crippen molar-refractivity contribution in [2.75, 3.05) is 20.7 Å². The first-order chi connectivity index (χ1) is 15.2. The number of carbonyl (C=O) groups excluding carboxylic acids is 3. The Bertz CT molecular complexity index is 1020. The molecule has 0 spiro atoms. The van der Waals surface area contributed by atoms with Gasteiger partial charge in [-0.05, 0) is 48.9 Å². The van der Waals surface area contributed by atoms with E-state index in [1.807, 2.05) is 0 Å². The molecule has 9 nitrogen and oxygen atoms in total. The van der Waals surface area contributed by atoms with Gasteiger partial charge in [-0.2, -0.15) is 0 Å². The molecule has 9 heteroatoms. The lowest BCUT2D eigenvalue weighted by atomic mass is 9.96. The Balaban J connectivity index is 2.20. The molecule has 5 N–H and O–H groups in total. The third-order valence-corrected chi connectivity index (χ3v) is 5.14. The number of aliphatic hydroxyl groups excluding tert-OH is 2. The van der Waals surface area contributed by atoms with Gasteiger partial charge < -0.3 is 20.4 Å². The molecule has 0 saturated carbocycles. The second-order valence-corrected chi connectivity index (χ2v) is 7.10. The standard InChI is InChI=1S/C23H25N3O6/c1-23(21(30)24-2,22(31)25-32)26(3)20(29)18-12-8-16(9-13-18)5-4-15-6-10-17(11-7-15)19(28)14-27/h6-13,19,27-28,32H,14H2,1-3H3,(H,24,30)(H,25,31)/t19?,23-/m0/s1. The first-order valence-corrected chi connectivity index (χ1v) is 9.64. The second-order valence-electron chi connectivity index (χ2n) is 7.10. The van der Waals surface area contributed by atoms with E-state index in [-0.39, 0.29) is 12.2 Å². The maximum absolute atomic E-state index is 12.8. The molecule has 2 aromatic rings. The van der Waals surface area contributed by atoms with E-state index in [1.165, 1.54) is 38.6 Å². The molecule has 0 saturated heterocycles. The van der Waals surface area contributed by atoms with E-state index >= 15 is 0 Å². The molecule has 32 heavy (non-hydrogen) atoms. The van der Waals surface area contributed by atoms with Crippen LogP contribution in [0, 0.1) is 11.8 Å². The number of nitrogens with one attached hydrogen (secondary N) is 2. The highest BCUT2D eigenvalue weighted by Crippen LogP contribution is 2.18. The summed E-state index contributed by atoms with van der Waals surface area (Å²) < 4.78 is 0.